The molecule has 0 spiro atoms. The number of amides is 2. The first-order valence-electron chi connectivity index (χ1n) is 10.5. The Morgan fingerprint density at radius 2 is 1.77 bits per heavy atom. The molecule has 4 rings (SSSR count). The molecule has 2 amide bonds. The standard InChI is InChI=1S/C24H27N5O2/c1-17-8-9-20(18(2)14-17)27-23(30)21-22(26-16-25-21)24(31)29-12-10-28(11-13-29)15-19-6-4-3-5-7-19/h3-9,14,16H,10-13,15H2,1-2H3,(H,25,26)(H,27,30). The molecule has 1 aliphatic heterocycles. The lowest BCUT2D eigenvalue weighted by atomic mass is 10.1. The summed E-state index contributed by atoms with van der Waals surface area (Å²) >= 11 is 0. The van der Waals surface area contributed by atoms with E-state index in [1.165, 1.54) is 11.9 Å². The Morgan fingerprint density at radius 3 is 2.48 bits per heavy atom. The van der Waals surface area contributed by atoms with Gasteiger partial charge in [0.1, 0.15) is 5.69 Å². The van der Waals surface area contributed by atoms with Gasteiger partial charge in [-0.25, -0.2) is 4.98 Å². The molecule has 0 bridgehead atoms. The van der Waals surface area contributed by atoms with Crippen LogP contribution in [0.1, 0.15) is 37.7 Å². The van der Waals surface area contributed by atoms with Crippen LogP contribution in [0.2, 0.25) is 0 Å². The number of nitrogens with zero attached hydrogens (tertiary/aromatic N) is 3. The molecular formula is C24H27N5O2. The number of piperazine rings is 1. The van der Waals surface area contributed by atoms with Crippen LogP contribution in [0.5, 0.6) is 0 Å². The van der Waals surface area contributed by atoms with Gasteiger partial charge in [0.15, 0.2) is 5.69 Å². The van der Waals surface area contributed by atoms with E-state index in [1.807, 2.05) is 50.2 Å². The fraction of sp³-hybridized carbons (Fsp3) is 0.292. The minimum atomic E-state index is -0.390. The topological polar surface area (TPSA) is 81.3 Å². The first-order chi connectivity index (χ1) is 15.0. The molecule has 160 valence electrons. The summed E-state index contributed by atoms with van der Waals surface area (Å²) in [6.07, 6.45) is 1.40. The average molecular weight is 418 g/mol. The summed E-state index contributed by atoms with van der Waals surface area (Å²) in [5.74, 6) is -0.582. The Bertz CT molecular complexity index is 1070. The van der Waals surface area contributed by atoms with Crippen LogP contribution in [0, 0.1) is 13.8 Å². The van der Waals surface area contributed by atoms with E-state index in [4.69, 9.17) is 0 Å². The monoisotopic (exact) mass is 417 g/mol. The maximum absolute atomic E-state index is 13.1. The molecule has 0 radical (unpaired) electrons. The highest BCUT2D eigenvalue weighted by molar-refractivity contribution is 6.10. The number of aryl methyl sites for hydroxylation is 2. The summed E-state index contributed by atoms with van der Waals surface area (Å²) in [6.45, 7) is 7.62. The van der Waals surface area contributed by atoms with Crippen molar-refractivity contribution in [3.8, 4) is 0 Å². The molecule has 1 saturated heterocycles. The second kappa shape index (κ2) is 9.14. The maximum Gasteiger partial charge on any atom is 0.276 e. The number of benzene rings is 2. The molecule has 1 aliphatic rings. The number of anilines is 1. The average Bonchev–Trinajstić information content (AvgIpc) is 3.26. The van der Waals surface area contributed by atoms with Gasteiger partial charge < -0.3 is 15.2 Å². The molecule has 2 N–H and O–H groups in total. The highest BCUT2D eigenvalue weighted by Gasteiger charge is 2.27. The van der Waals surface area contributed by atoms with Gasteiger partial charge in [0.05, 0.1) is 6.33 Å². The van der Waals surface area contributed by atoms with E-state index in [0.29, 0.717) is 18.8 Å². The summed E-state index contributed by atoms with van der Waals surface area (Å²) in [5, 5.41) is 2.87. The molecule has 0 atom stereocenters. The van der Waals surface area contributed by atoms with E-state index in [-0.39, 0.29) is 23.2 Å². The number of rotatable bonds is 5. The zero-order valence-corrected chi connectivity index (χ0v) is 17.9. The summed E-state index contributed by atoms with van der Waals surface area (Å²) < 4.78 is 0. The van der Waals surface area contributed by atoms with Gasteiger partial charge in [-0.1, -0.05) is 48.0 Å². The zero-order valence-electron chi connectivity index (χ0n) is 17.9. The van der Waals surface area contributed by atoms with E-state index in [9.17, 15) is 9.59 Å². The smallest absolute Gasteiger partial charge is 0.276 e. The first-order valence-corrected chi connectivity index (χ1v) is 10.5. The molecule has 1 fully saturated rings. The van der Waals surface area contributed by atoms with Gasteiger partial charge in [-0.15, -0.1) is 0 Å². The van der Waals surface area contributed by atoms with E-state index in [0.717, 1.165) is 30.8 Å². The molecule has 7 heteroatoms. The van der Waals surface area contributed by atoms with Gasteiger partial charge in [-0.2, -0.15) is 0 Å². The van der Waals surface area contributed by atoms with Crippen molar-refractivity contribution >= 4 is 17.5 Å². The molecule has 7 nitrogen and oxygen atoms in total. The third kappa shape index (κ3) is 4.83. The number of H-pyrrole nitrogens is 1. The third-order valence-corrected chi connectivity index (χ3v) is 5.61. The van der Waals surface area contributed by atoms with Gasteiger partial charge >= 0.3 is 0 Å². The predicted molar refractivity (Wildman–Crippen MR) is 120 cm³/mol. The molecule has 0 saturated carbocycles. The van der Waals surface area contributed by atoms with Gasteiger partial charge in [0.2, 0.25) is 0 Å². The lowest BCUT2D eigenvalue weighted by Crippen LogP contribution is -2.48. The van der Waals surface area contributed by atoms with Crippen LogP contribution in [0.15, 0.2) is 54.9 Å². The zero-order chi connectivity index (χ0) is 21.8. The largest absolute Gasteiger partial charge is 0.340 e. The molecule has 2 aromatic carbocycles. The van der Waals surface area contributed by atoms with Crippen molar-refractivity contribution in [1.82, 2.24) is 19.8 Å². The molecule has 3 aromatic rings. The van der Waals surface area contributed by atoms with Crippen molar-refractivity contribution in [2.24, 2.45) is 0 Å². The number of aromatic amines is 1. The van der Waals surface area contributed by atoms with Crippen LogP contribution in [0.3, 0.4) is 0 Å². The second-order valence-corrected chi connectivity index (χ2v) is 7.95. The highest BCUT2D eigenvalue weighted by atomic mass is 16.2. The van der Waals surface area contributed by atoms with Crippen molar-refractivity contribution in [3.63, 3.8) is 0 Å². The van der Waals surface area contributed by atoms with E-state index < -0.39 is 0 Å². The van der Waals surface area contributed by atoms with Gasteiger partial charge in [-0.3, -0.25) is 14.5 Å². The third-order valence-electron chi connectivity index (χ3n) is 5.61. The quantitative estimate of drug-likeness (QED) is 0.668. The van der Waals surface area contributed by atoms with Gasteiger partial charge in [0.25, 0.3) is 11.8 Å². The van der Waals surface area contributed by atoms with Crippen molar-refractivity contribution in [2.75, 3.05) is 31.5 Å². The predicted octanol–water partition coefficient (Wildman–Crippen LogP) is 3.24. The Kier molecular flexibility index (Phi) is 6.13. The van der Waals surface area contributed by atoms with Crippen molar-refractivity contribution < 1.29 is 9.59 Å². The van der Waals surface area contributed by atoms with Gasteiger partial charge in [0, 0.05) is 38.4 Å². The second-order valence-electron chi connectivity index (χ2n) is 7.95. The summed E-state index contributed by atoms with van der Waals surface area (Å²) in [6, 6.07) is 16.1. The normalized spacial score (nSPS) is 14.5. The van der Waals surface area contributed by atoms with Crippen molar-refractivity contribution in [1.29, 1.82) is 0 Å². The SMILES string of the molecule is Cc1ccc(NC(=O)c2nc[nH]c2C(=O)N2CCN(Cc3ccccc3)CC2)c(C)c1. The number of hydrogen-bond acceptors (Lipinski definition) is 4. The molecular weight excluding hydrogens is 390 g/mol. The highest BCUT2D eigenvalue weighted by Crippen LogP contribution is 2.18. The Labute approximate surface area is 182 Å². The number of aromatic nitrogens is 2. The van der Waals surface area contributed by atoms with Crippen LogP contribution in [0.25, 0.3) is 0 Å². The molecule has 1 aromatic heterocycles. The van der Waals surface area contributed by atoms with Gasteiger partial charge in [-0.05, 0) is 31.0 Å². The van der Waals surface area contributed by atoms with Crippen LogP contribution < -0.4 is 5.32 Å². The van der Waals surface area contributed by atoms with E-state index in [1.54, 1.807) is 4.90 Å². The molecule has 31 heavy (non-hydrogen) atoms. The summed E-state index contributed by atoms with van der Waals surface area (Å²) in [4.78, 5) is 37.0. The minimum absolute atomic E-state index is 0.122. The Hall–Kier alpha value is -3.45. The van der Waals surface area contributed by atoms with Crippen LogP contribution in [-0.4, -0.2) is 57.8 Å². The Morgan fingerprint density at radius 1 is 1.03 bits per heavy atom. The van der Waals surface area contributed by atoms with Crippen molar-refractivity contribution in [3.05, 3.63) is 82.9 Å². The molecule has 0 aliphatic carbocycles. The number of imidazole rings is 1. The lowest BCUT2D eigenvalue weighted by molar-refractivity contribution is 0.0620. The summed E-state index contributed by atoms with van der Waals surface area (Å²) in [5.41, 5.74) is 4.42. The lowest BCUT2D eigenvalue weighted by Gasteiger charge is -2.34. The minimum Gasteiger partial charge on any atom is -0.340 e. The number of carbonyl (C=O) groups excluding carboxylic acids is 2. The maximum atomic E-state index is 13.1. The van der Waals surface area contributed by atoms with E-state index >= 15 is 0 Å². The van der Waals surface area contributed by atoms with Crippen LogP contribution in [0.4, 0.5) is 5.69 Å². The number of nitrogens with one attached hydrogen (secondary N) is 2. The van der Waals surface area contributed by atoms with Crippen molar-refractivity contribution in [2.45, 2.75) is 20.4 Å². The molecule has 0 unspecified atom stereocenters. The van der Waals surface area contributed by atoms with Crippen LogP contribution >= 0.6 is 0 Å². The fourth-order valence-electron chi connectivity index (χ4n) is 3.87. The molecule has 2 heterocycles. The number of carbonyl (C=O) groups is 2. The summed E-state index contributed by atoms with van der Waals surface area (Å²) in [7, 11) is 0. The van der Waals surface area contributed by atoms with E-state index in [2.05, 4.69) is 32.3 Å². The fourth-order valence-corrected chi connectivity index (χ4v) is 3.87. The first kappa shape index (κ1) is 20.8. The number of hydrogen-bond donors (Lipinski definition) is 2. The van der Waals surface area contributed by atoms with Crippen LogP contribution in [-0.2, 0) is 6.54 Å². The Balaban J connectivity index is 1.39.